The Hall–Kier alpha value is -2.21. The van der Waals surface area contributed by atoms with Gasteiger partial charge in [0.2, 0.25) is 5.95 Å². The second-order valence-electron chi connectivity index (χ2n) is 6.90. The normalized spacial score (nSPS) is 26.1. The molecule has 4 heterocycles. The molecule has 2 saturated heterocycles. The third-order valence-corrected chi connectivity index (χ3v) is 5.03. The number of hydrogen-bond donors (Lipinski definition) is 0. The van der Waals surface area contributed by atoms with Gasteiger partial charge >= 0.3 is 0 Å². The van der Waals surface area contributed by atoms with E-state index in [4.69, 9.17) is 9.47 Å². The van der Waals surface area contributed by atoms with Gasteiger partial charge in [-0.25, -0.2) is 9.97 Å². The fraction of sp³-hybridized carbons (Fsp3) is 0.526. The molecule has 2 atom stereocenters. The maximum Gasteiger partial charge on any atom is 0.225 e. The van der Waals surface area contributed by atoms with E-state index in [1.807, 2.05) is 24.5 Å². The molecule has 4 rings (SSSR count). The minimum atomic E-state index is -0.155. The Labute approximate surface area is 148 Å². The van der Waals surface area contributed by atoms with E-state index in [-0.39, 0.29) is 11.7 Å². The van der Waals surface area contributed by atoms with Gasteiger partial charge in [0.05, 0.1) is 18.4 Å². The SMILES string of the molecule is CCc1cnc(N2CCC[C@]3(C[C@@H](Oc4cccnc4)CO3)C2)nc1. The highest BCUT2D eigenvalue weighted by Crippen LogP contribution is 2.36. The molecule has 0 aliphatic carbocycles. The summed E-state index contributed by atoms with van der Waals surface area (Å²) in [5.41, 5.74) is 1.01. The molecule has 1 spiro atoms. The molecule has 0 aromatic carbocycles. The van der Waals surface area contributed by atoms with Crippen molar-refractivity contribution in [1.82, 2.24) is 15.0 Å². The Morgan fingerprint density at radius 3 is 2.96 bits per heavy atom. The summed E-state index contributed by atoms with van der Waals surface area (Å²) in [4.78, 5) is 15.4. The average Bonchev–Trinajstić information content (AvgIpc) is 3.04. The van der Waals surface area contributed by atoms with Crippen molar-refractivity contribution in [2.75, 3.05) is 24.6 Å². The first-order valence-electron chi connectivity index (χ1n) is 9.03. The molecule has 2 fully saturated rings. The van der Waals surface area contributed by atoms with Crippen molar-refractivity contribution in [3.63, 3.8) is 0 Å². The number of aryl methyl sites for hydroxylation is 1. The number of anilines is 1. The molecule has 0 unspecified atom stereocenters. The van der Waals surface area contributed by atoms with Crippen molar-refractivity contribution < 1.29 is 9.47 Å². The molecule has 25 heavy (non-hydrogen) atoms. The van der Waals surface area contributed by atoms with Gasteiger partial charge < -0.3 is 14.4 Å². The summed E-state index contributed by atoms with van der Waals surface area (Å²) < 4.78 is 12.3. The van der Waals surface area contributed by atoms with Crippen LogP contribution in [0.5, 0.6) is 5.75 Å². The lowest BCUT2D eigenvalue weighted by molar-refractivity contribution is -0.00845. The molecule has 0 saturated carbocycles. The van der Waals surface area contributed by atoms with Crippen LogP contribution in [0.1, 0.15) is 31.7 Å². The number of aromatic nitrogens is 3. The van der Waals surface area contributed by atoms with Gasteiger partial charge in [-0.3, -0.25) is 4.98 Å². The van der Waals surface area contributed by atoms with Gasteiger partial charge in [-0.1, -0.05) is 6.92 Å². The summed E-state index contributed by atoms with van der Waals surface area (Å²) in [6.07, 6.45) is 11.4. The predicted octanol–water partition coefficient (Wildman–Crippen LogP) is 2.64. The standard InChI is InChI=1S/C19H24N4O2/c1-2-15-10-21-18(22-11-15)23-8-4-6-19(14-23)9-17(13-24-19)25-16-5-3-7-20-12-16/h3,5,7,10-12,17H,2,4,6,8-9,13-14H2,1H3/t17-,19+/m1/s1. The van der Waals surface area contributed by atoms with Gasteiger partial charge in [0, 0.05) is 38.1 Å². The number of piperidine rings is 1. The summed E-state index contributed by atoms with van der Waals surface area (Å²) >= 11 is 0. The highest BCUT2D eigenvalue weighted by molar-refractivity contribution is 5.32. The maximum absolute atomic E-state index is 6.22. The molecule has 0 bridgehead atoms. The van der Waals surface area contributed by atoms with E-state index in [2.05, 4.69) is 26.8 Å². The van der Waals surface area contributed by atoms with Crippen molar-refractivity contribution >= 4 is 5.95 Å². The van der Waals surface area contributed by atoms with Crippen LogP contribution in [0.3, 0.4) is 0 Å². The van der Waals surface area contributed by atoms with Crippen molar-refractivity contribution in [1.29, 1.82) is 0 Å². The third kappa shape index (κ3) is 3.58. The van der Waals surface area contributed by atoms with Gasteiger partial charge in [0.25, 0.3) is 0 Å². The van der Waals surface area contributed by atoms with E-state index in [1.165, 1.54) is 0 Å². The first-order valence-corrected chi connectivity index (χ1v) is 9.03. The molecule has 0 N–H and O–H groups in total. The molecule has 6 heteroatoms. The Balaban J connectivity index is 1.42. The van der Waals surface area contributed by atoms with Gasteiger partial charge in [-0.2, -0.15) is 0 Å². The molecule has 2 aromatic rings. The van der Waals surface area contributed by atoms with Gasteiger partial charge in [0.15, 0.2) is 0 Å². The maximum atomic E-state index is 6.22. The average molecular weight is 340 g/mol. The number of rotatable bonds is 4. The quantitative estimate of drug-likeness (QED) is 0.853. The second kappa shape index (κ2) is 6.96. The summed E-state index contributed by atoms with van der Waals surface area (Å²) in [5.74, 6) is 1.61. The lowest BCUT2D eigenvalue weighted by atomic mass is 9.89. The molecule has 132 valence electrons. The van der Waals surface area contributed by atoms with E-state index in [0.29, 0.717) is 6.61 Å². The van der Waals surface area contributed by atoms with Crippen molar-refractivity contribution in [3.05, 3.63) is 42.5 Å². The molecule has 0 amide bonds. The molecule has 6 nitrogen and oxygen atoms in total. The fourth-order valence-electron chi connectivity index (χ4n) is 3.73. The summed E-state index contributed by atoms with van der Waals surface area (Å²) in [6, 6.07) is 3.83. The van der Waals surface area contributed by atoms with Crippen LogP contribution in [0.25, 0.3) is 0 Å². The summed E-state index contributed by atoms with van der Waals surface area (Å²) in [5, 5.41) is 0. The van der Waals surface area contributed by atoms with E-state index >= 15 is 0 Å². The van der Waals surface area contributed by atoms with Crippen molar-refractivity contribution in [3.8, 4) is 5.75 Å². The zero-order chi connectivity index (χ0) is 17.1. The Morgan fingerprint density at radius 1 is 1.32 bits per heavy atom. The minimum absolute atomic E-state index is 0.0764. The molecule has 2 aliphatic heterocycles. The van der Waals surface area contributed by atoms with Crippen molar-refractivity contribution in [2.24, 2.45) is 0 Å². The molecule has 2 aliphatic rings. The van der Waals surface area contributed by atoms with Crippen LogP contribution >= 0.6 is 0 Å². The van der Waals surface area contributed by atoms with Gasteiger partial charge in [-0.05, 0) is 37.0 Å². The van der Waals surface area contributed by atoms with Crippen LogP contribution in [0.4, 0.5) is 5.95 Å². The zero-order valence-electron chi connectivity index (χ0n) is 14.6. The van der Waals surface area contributed by atoms with E-state index in [9.17, 15) is 0 Å². The predicted molar refractivity (Wildman–Crippen MR) is 94.8 cm³/mol. The fourth-order valence-corrected chi connectivity index (χ4v) is 3.73. The Kier molecular flexibility index (Phi) is 4.53. The second-order valence-corrected chi connectivity index (χ2v) is 6.90. The van der Waals surface area contributed by atoms with E-state index in [0.717, 1.165) is 56.0 Å². The Bertz CT molecular complexity index is 694. The van der Waals surface area contributed by atoms with Crippen LogP contribution in [0.15, 0.2) is 36.9 Å². The molecule has 2 aromatic heterocycles. The van der Waals surface area contributed by atoms with E-state index in [1.54, 1.807) is 12.4 Å². The van der Waals surface area contributed by atoms with Crippen LogP contribution in [0.2, 0.25) is 0 Å². The monoisotopic (exact) mass is 340 g/mol. The first-order chi connectivity index (χ1) is 12.3. The van der Waals surface area contributed by atoms with Crippen molar-refractivity contribution in [2.45, 2.75) is 44.3 Å². The molecule has 0 radical (unpaired) electrons. The topological polar surface area (TPSA) is 60.4 Å². The highest BCUT2D eigenvalue weighted by Gasteiger charge is 2.45. The zero-order valence-corrected chi connectivity index (χ0v) is 14.6. The van der Waals surface area contributed by atoms with Crippen LogP contribution < -0.4 is 9.64 Å². The van der Waals surface area contributed by atoms with Crippen LogP contribution in [-0.2, 0) is 11.2 Å². The summed E-state index contributed by atoms with van der Waals surface area (Å²) in [6.45, 7) is 4.54. The molecular formula is C19H24N4O2. The smallest absolute Gasteiger partial charge is 0.225 e. The first kappa shape index (κ1) is 16.3. The van der Waals surface area contributed by atoms with Crippen LogP contribution in [0, 0.1) is 0 Å². The van der Waals surface area contributed by atoms with Crippen LogP contribution in [-0.4, -0.2) is 46.4 Å². The highest BCUT2D eigenvalue weighted by atomic mass is 16.6. The number of hydrogen-bond acceptors (Lipinski definition) is 6. The lowest BCUT2D eigenvalue weighted by Gasteiger charge is -2.39. The largest absolute Gasteiger partial charge is 0.486 e. The summed E-state index contributed by atoms with van der Waals surface area (Å²) in [7, 11) is 0. The number of ether oxygens (including phenoxy) is 2. The van der Waals surface area contributed by atoms with E-state index < -0.39 is 0 Å². The van der Waals surface area contributed by atoms with Gasteiger partial charge in [0.1, 0.15) is 11.9 Å². The number of nitrogens with zero attached hydrogens (tertiary/aromatic N) is 4. The Morgan fingerprint density at radius 2 is 2.20 bits per heavy atom. The number of pyridine rings is 1. The third-order valence-electron chi connectivity index (χ3n) is 5.03. The minimum Gasteiger partial charge on any atom is -0.486 e. The lowest BCUT2D eigenvalue weighted by Crippen LogP contribution is -2.48. The van der Waals surface area contributed by atoms with Gasteiger partial charge in [-0.15, -0.1) is 0 Å². The molecular weight excluding hydrogens is 316 g/mol.